The van der Waals surface area contributed by atoms with Crippen LogP contribution in [-0.2, 0) is 17.5 Å². The lowest BCUT2D eigenvalue weighted by Gasteiger charge is -2.41. The lowest BCUT2D eigenvalue weighted by atomic mass is 9.91. The van der Waals surface area contributed by atoms with Crippen LogP contribution in [0, 0.1) is 0 Å². The molecule has 2 amide bonds. The Morgan fingerprint density at radius 1 is 1.12 bits per heavy atom. The number of aromatic nitrogens is 2. The molecule has 178 valence electrons. The smallest absolute Gasteiger partial charge is 0.290 e. The van der Waals surface area contributed by atoms with E-state index in [4.69, 9.17) is 0 Å². The molecule has 7 nitrogen and oxygen atoms in total. The number of hydrogen-bond acceptors (Lipinski definition) is 4. The molecule has 0 spiro atoms. The van der Waals surface area contributed by atoms with Crippen molar-refractivity contribution in [3.63, 3.8) is 0 Å². The highest BCUT2D eigenvalue weighted by atomic mass is 19.1. The maximum Gasteiger partial charge on any atom is 0.290 e. The summed E-state index contributed by atoms with van der Waals surface area (Å²) in [5, 5.41) is 9.75. The van der Waals surface area contributed by atoms with E-state index in [-0.39, 0.29) is 36.3 Å². The molecule has 0 bridgehead atoms. The van der Waals surface area contributed by atoms with Gasteiger partial charge in [0.15, 0.2) is 5.82 Å². The highest BCUT2D eigenvalue weighted by molar-refractivity contribution is 5.98. The topological polar surface area (TPSA) is 78.7 Å². The SMILES string of the molecule is Cn1c(C(=O)N2CCN([C@H]3CC[C@H](O)CC3)C(=O)C2)nc2c(C(C)(C)F)cc(C3CC3)cc21. The van der Waals surface area contributed by atoms with Crippen molar-refractivity contribution in [3.8, 4) is 0 Å². The maximum absolute atomic E-state index is 15.1. The summed E-state index contributed by atoms with van der Waals surface area (Å²) >= 11 is 0. The molecule has 1 aromatic heterocycles. The van der Waals surface area contributed by atoms with Crippen LogP contribution < -0.4 is 0 Å². The summed E-state index contributed by atoms with van der Waals surface area (Å²) < 4.78 is 16.8. The molecule has 1 N–H and O–H groups in total. The van der Waals surface area contributed by atoms with Crippen LogP contribution in [0.15, 0.2) is 12.1 Å². The summed E-state index contributed by atoms with van der Waals surface area (Å²) in [6, 6.07) is 4.08. The Balaban J connectivity index is 1.40. The summed E-state index contributed by atoms with van der Waals surface area (Å²) in [5.41, 5.74) is 1.31. The largest absolute Gasteiger partial charge is 0.393 e. The number of hydrogen-bond donors (Lipinski definition) is 1. The highest BCUT2D eigenvalue weighted by Gasteiger charge is 2.36. The third kappa shape index (κ3) is 4.14. The fourth-order valence-corrected chi connectivity index (χ4v) is 5.36. The summed E-state index contributed by atoms with van der Waals surface area (Å²) in [5.74, 6) is 0.342. The van der Waals surface area contributed by atoms with Gasteiger partial charge in [-0.3, -0.25) is 9.59 Å². The Morgan fingerprint density at radius 3 is 2.42 bits per heavy atom. The van der Waals surface area contributed by atoms with Gasteiger partial charge < -0.3 is 19.5 Å². The molecular weight excluding hydrogens is 423 g/mol. The van der Waals surface area contributed by atoms with Gasteiger partial charge in [-0.25, -0.2) is 9.37 Å². The quantitative estimate of drug-likeness (QED) is 0.766. The van der Waals surface area contributed by atoms with Crippen LogP contribution >= 0.6 is 0 Å². The normalized spacial score (nSPS) is 24.6. The molecule has 2 aromatic rings. The van der Waals surface area contributed by atoms with Gasteiger partial charge >= 0.3 is 0 Å². The molecule has 2 saturated carbocycles. The van der Waals surface area contributed by atoms with E-state index in [1.54, 1.807) is 16.5 Å². The molecule has 8 heteroatoms. The first-order chi connectivity index (χ1) is 15.6. The van der Waals surface area contributed by atoms with E-state index in [2.05, 4.69) is 4.98 Å². The number of aliphatic hydroxyl groups excluding tert-OH is 1. The molecule has 1 aliphatic heterocycles. The van der Waals surface area contributed by atoms with E-state index in [0.29, 0.717) is 42.9 Å². The van der Waals surface area contributed by atoms with Gasteiger partial charge in [0.2, 0.25) is 5.91 Å². The summed E-state index contributed by atoms with van der Waals surface area (Å²) in [7, 11) is 1.79. The van der Waals surface area contributed by atoms with Crippen LogP contribution in [0.5, 0.6) is 0 Å². The van der Waals surface area contributed by atoms with Crippen molar-refractivity contribution in [2.75, 3.05) is 19.6 Å². The second-order valence-corrected chi connectivity index (χ2v) is 10.5. The number of nitrogens with zero attached hydrogens (tertiary/aromatic N) is 4. The lowest BCUT2D eigenvalue weighted by Crippen LogP contribution is -2.56. The van der Waals surface area contributed by atoms with Crippen LogP contribution in [0.2, 0.25) is 0 Å². The fraction of sp³-hybridized carbons (Fsp3) is 0.640. The van der Waals surface area contributed by atoms with E-state index in [1.165, 1.54) is 13.8 Å². The van der Waals surface area contributed by atoms with Crippen LogP contribution in [0.4, 0.5) is 4.39 Å². The van der Waals surface area contributed by atoms with Crippen LogP contribution in [-0.4, -0.2) is 68.1 Å². The number of fused-ring (bicyclic) bond motifs is 1. The van der Waals surface area contributed by atoms with Crippen molar-refractivity contribution in [1.82, 2.24) is 19.4 Å². The number of imidazole rings is 1. The van der Waals surface area contributed by atoms with Crippen molar-refractivity contribution in [3.05, 3.63) is 29.1 Å². The molecule has 0 radical (unpaired) electrons. The maximum atomic E-state index is 15.1. The van der Waals surface area contributed by atoms with Gasteiger partial charge in [0, 0.05) is 31.7 Å². The molecule has 2 aliphatic carbocycles. The van der Waals surface area contributed by atoms with E-state index in [9.17, 15) is 14.7 Å². The van der Waals surface area contributed by atoms with Gasteiger partial charge in [0.1, 0.15) is 12.2 Å². The molecular formula is C25H33FN4O3. The van der Waals surface area contributed by atoms with E-state index in [0.717, 1.165) is 36.8 Å². The molecule has 0 unspecified atom stereocenters. The summed E-state index contributed by atoms with van der Waals surface area (Å²) in [4.78, 5) is 34.3. The number of benzene rings is 1. The standard InChI is InChI=1S/C25H33FN4O3/c1-25(2,26)19-12-16(15-4-5-15)13-20-22(19)27-23(28(20)3)24(33)29-10-11-30(21(32)14-29)17-6-8-18(31)9-7-17/h12-13,15,17-18,31H,4-11,14H2,1-3H3/t17-,18-. The van der Waals surface area contributed by atoms with Crippen molar-refractivity contribution in [1.29, 1.82) is 0 Å². The first-order valence-electron chi connectivity index (χ1n) is 12.1. The van der Waals surface area contributed by atoms with Crippen LogP contribution in [0.1, 0.15) is 80.0 Å². The van der Waals surface area contributed by atoms with Crippen molar-refractivity contribution in [2.45, 2.75) is 76.1 Å². The Labute approximate surface area is 193 Å². The van der Waals surface area contributed by atoms with Crippen molar-refractivity contribution in [2.24, 2.45) is 7.05 Å². The number of halogens is 1. The van der Waals surface area contributed by atoms with Gasteiger partial charge in [-0.2, -0.15) is 0 Å². The molecule has 5 rings (SSSR count). The van der Waals surface area contributed by atoms with E-state index in [1.807, 2.05) is 17.0 Å². The zero-order valence-corrected chi connectivity index (χ0v) is 19.7. The molecule has 2 heterocycles. The fourth-order valence-electron chi connectivity index (χ4n) is 5.36. The van der Waals surface area contributed by atoms with E-state index < -0.39 is 5.67 Å². The predicted molar refractivity (Wildman–Crippen MR) is 123 cm³/mol. The second kappa shape index (κ2) is 8.08. The summed E-state index contributed by atoms with van der Waals surface area (Å²) in [6.07, 6.45) is 4.98. The van der Waals surface area contributed by atoms with Crippen LogP contribution in [0.3, 0.4) is 0 Å². The summed E-state index contributed by atoms with van der Waals surface area (Å²) in [6.45, 7) is 4.01. The van der Waals surface area contributed by atoms with Gasteiger partial charge in [-0.15, -0.1) is 0 Å². The Bertz CT molecular complexity index is 1090. The van der Waals surface area contributed by atoms with Crippen molar-refractivity contribution >= 4 is 22.8 Å². The first kappa shape index (κ1) is 22.3. The number of piperazine rings is 1. The monoisotopic (exact) mass is 456 g/mol. The number of aryl methyl sites for hydroxylation is 1. The molecule has 3 fully saturated rings. The van der Waals surface area contributed by atoms with Gasteiger partial charge in [0.25, 0.3) is 5.91 Å². The molecule has 33 heavy (non-hydrogen) atoms. The highest BCUT2D eigenvalue weighted by Crippen LogP contribution is 2.43. The third-order valence-corrected chi connectivity index (χ3v) is 7.54. The number of alkyl halides is 1. The van der Waals surface area contributed by atoms with Crippen LogP contribution in [0.25, 0.3) is 11.0 Å². The second-order valence-electron chi connectivity index (χ2n) is 10.5. The molecule has 1 saturated heterocycles. The minimum Gasteiger partial charge on any atom is -0.393 e. The Morgan fingerprint density at radius 2 is 1.82 bits per heavy atom. The molecule has 0 atom stereocenters. The average Bonchev–Trinajstić information content (AvgIpc) is 3.57. The van der Waals surface area contributed by atoms with Gasteiger partial charge in [-0.1, -0.05) is 6.07 Å². The predicted octanol–water partition coefficient (Wildman–Crippen LogP) is 3.24. The lowest BCUT2D eigenvalue weighted by molar-refractivity contribution is -0.138. The average molecular weight is 457 g/mol. The minimum atomic E-state index is -1.58. The number of aliphatic hydroxyl groups is 1. The minimum absolute atomic E-state index is 0.0237. The number of amides is 2. The van der Waals surface area contributed by atoms with Crippen molar-refractivity contribution < 1.29 is 19.1 Å². The zero-order chi connectivity index (χ0) is 23.5. The molecule has 3 aliphatic rings. The number of carbonyl (C=O) groups excluding carboxylic acids is 2. The zero-order valence-electron chi connectivity index (χ0n) is 19.7. The Hall–Kier alpha value is -2.48. The Kier molecular flexibility index (Phi) is 5.46. The number of carbonyl (C=O) groups is 2. The molecule has 1 aromatic carbocycles. The number of rotatable bonds is 4. The van der Waals surface area contributed by atoms with Gasteiger partial charge in [-0.05, 0) is 69.9 Å². The van der Waals surface area contributed by atoms with Gasteiger partial charge in [0.05, 0.1) is 17.1 Å². The van der Waals surface area contributed by atoms with E-state index >= 15 is 4.39 Å². The third-order valence-electron chi connectivity index (χ3n) is 7.54. The first-order valence-corrected chi connectivity index (χ1v) is 12.1.